The van der Waals surface area contributed by atoms with Crippen molar-refractivity contribution in [2.45, 2.75) is 57.0 Å². The van der Waals surface area contributed by atoms with Crippen molar-refractivity contribution in [3.8, 4) is 0 Å². The zero-order valence-electron chi connectivity index (χ0n) is 16.9. The Morgan fingerprint density at radius 3 is 2.59 bits per heavy atom. The van der Waals surface area contributed by atoms with Gasteiger partial charge in [0.25, 0.3) is 10.1 Å². The number of carbonyl (C=O) groups excluding carboxylic acids is 3. The third kappa shape index (κ3) is 3.37. The van der Waals surface area contributed by atoms with Crippen LogP contribution in [0, 0.1) is 17.3 Å². The van der Waals surface area contributed by atoms with Gasteiger partial charge in [-0.1, -0.05) is 6.92 Å². The number of hydrogen-bond donors (Lipinski definition) is 1. The van der Waals surface area contributed by atoms with Gasteiger partial charge in [0.1, 0.15) is 18.8 Å². The number of alkyl carbamates (subject to hydrolysis) is 1. The molecule has 3 rings (SSSR count). The van der Waals surface area contributed by atoms with E-state index in [9.17, 15) is 22.8 Å². The lowest BCUT2D eigenvalue weighted by Gasteiger charge is -2.30. The first-order valence-corrected chi connectivity index (χ1v) is 11.0. The zero-order valence-corrected chi connectivity index (χ0v) is 17.7. The fourth-order valence-electron chi connectivity index (χ4n) is 4.40. The van der Waals surface area contributed by atoms with Crippen LogP contribution in [-0.4, -0.2) is 63.7 Å². The lowest BCUT2D eigenvalue weighted by atomic mass is 9.84. The Bertz CT molecular complexity index is 808. The second-order valence-corrected chi connectivity index (χ2v) is 10.2. The number of rotatable bonds is 7. The van der Waals surface area contributed by atoms with Crippen LogP contribution in [0.15, 0.2) is 0 Å². The number of fused-ring (bicyclic) bond motifs is 1. The Hall–Kier alpha value is -1.88. The number of amides is 1. The highest BCUT2D eigenvalue weighted by Gasteiger charge is 2.77. The number of hydrogen-bond acceptors (Lipinski definition) is 9. The summed E-state index contributed by atoms with van der Waals surface area (Å²) in [4.78, 5) is 36.2. The molecule has 1 saturated heterocycles. The predicted octanol–water partition coefficient (Wildman–Crippen LogP) is 0.741. The van der Waals surface area contributed by atoms with Crippen molar-refractivity contribution in [1.82, 2.24) is 5.32 Å². The first-order chi connectivity index (χ1) is 13.5. The molecule has 2 bridgehead atoms. The molecule has 2 aliphatic carbocycles. The first-order valence-electron chi connectivity index (χ1n) is 9.63. The molecular formula is C18H27NO9S. The van der Waals surface area contributed by atoms with Gasteiger partial charge in [0.05, 0.1) is 19.1 Å². The van der Waals surface area contributed by atoms with Gasteiger partial charge in [0, 0.05) is 11.8 Å². The van der Waals surface area contributed by atoms with Crippen LogP contribution in [0.4, 0.5) is 4.79 Å². The number of nitrogens with one attached hydrogen (secondary N) is 1. The predicted molar refractivity (Wildman–Crippen MR) is 98.1 cm³/mol. The second kappa shape index (κ2) is 7.42. The molecule has 5 unspecified atom stereocenters. The Labute approximate surface area is 169 Å². The minimum absolute atomic E-state index is 0.00479. The molecule has 10 nitrogen and oxygen atoms in total. The average molecular weight is 433 g/mol. The van der Waals surface area contributed by atoms with E-state index in [1.54, 1.807) is 13.8 Å². The molecule has 0 aromatic carbocycles. The number of carbonyl (C=O) groups is 3. The summed E-state index contributed by atoms with van der Waals surface area (Å²) in [5.74, 6) is -2.09. The highest BCUT2D eigenvalue weighted by molar-refractivity contribution is 7.89. The summed E-state index contributed by atoms with van der Waals surface area (Å²) >= 11 is 0. The van der Waals surface area contributed by atoms with Crippen LogP contribution in [0.2, 0.25) is 0 Å². The third-order valence-corrected chi connectivity index (χ3v) is 8.41. The van der Waals surface area contributed by atoms with Crippen molar-refractivity contribution in [3.63, 3.8) is 0 Å². The monoisotopic (exact) mass is 433 g/mol. The van der Waals surface area contributed by atoms with Crippen LogP contribution < -0.4 is 5.32 Å². The van der Waals surface area contributed by atoms with Crippen molar-refractivity contribution < 1.29 is 41.2 Å². The summed E-state index contributed by atoms with van der Waals surface area (Å²) < 4.78 is 43.7. The molecule has 5 atom stereocenters. The van der Waals surface area contributed by atoms with Crippen molar-refractivity contribution >= 4 is 28.1 Å². The van der Waals surface area contributed by atoms with Gasteiger partial charge in [-0.25, -0.2) is 4.79 Å². The number of ether oxygens (including phenoxy) is 3. The molecule has 1 aliphatic heterocycles. The van der Waals surface area contributed by atoms with Crippen LogP contribution in [0.1, 0.15) is 40.0 Å². The Kier molecular flexibility index (Phi) is 5.59. The SMILES string of the molecule is CCC(C)(C)C(=O)OCCNC(=O)OC1C2CC3C1OS(=O)(=O)C3(C(=O)OC)C2. The van der Waals surface area contributed by atoms with Gasteiger partial charge in [-0.2, -0.15) is 8.42 Å². The molecule has 0 spiro atoms. The van der Waals surface area contributed by atoms with Gasteiger partial charge in [-0.05, 0) is 33.1 Å². The van der Waals surface area contributed by atoms with E-state index in [0.29, 0.717) is 12.8 Å². The van der Waals surface area contributed by atoms with E-state index in [-0.39, 0.29) is 31.5 Å². The molecule has 3 aliphatic rings. The normalized spacial score (nSPS) is 33.9. The summed E-state index contributed by atoms with van der Waals surface area (Å²) in [6.07, 6.45) is -1.39. The van der Waals surface area contributed by atoms with Crippen molar-refractivity contribution in [2.24, 2.45) is 17.3 Å². The zero-order chi connectivity index (χ0) is 21.6. The molecule has 11 heteroatoms. The van der Waals surface area contributed by atoms with E-state index in [4.69, 9.17) is 18.4 Å². The quantitative estimate of drug-likeness (QED) is 0.267. The van der Waals surface area contributed by atoms with E-state index >= 15 is 0 Å². The molecule has 0 aromatic rings. The van der Waals surface area contributed by atoms with Gasteiger partial charge < -0.3 is 19.5 Å². The molecule has 29 heavy (non-hydrogen) atoms. The molecule has 0 aromatic heterocycles. The lowest BCUT2D eigenvalue weighted by molar-refractivity contribution is -0.154. The summed E-state index contributed by atoms with van der Waals surface area (Å²) in [6, 6.07) is 0. The largest absolute Gasteiger partial charge is 0.468 e. The average Bonchev–Trinajstić information content (AvgIpc) is 3.25. The van der Waals surface area contributed by atoms with Crippen molar-refractivity contribution in [3.05, 3.63) is 0 Å². The Morgan fingerprint density at radius 2 is 1.97 bits per heavy atom. The molecule has 1 amide bonds. The van der Waals surface area contributed by atoms with Crippen molar-refractivity contribution in [2.75, 3.05) is 20.3 Å². The molecule has 2 saturated carbocycles. The van der Waals surface area contributed by atoms with Gasteiger partial charge in [-0.15, -0.1) is 0 Å². The molecule has 3 fully saturated rings. The number of methoxy groups -OCH3 is 1. The van der Waals surface area contributed by atoms with E-state index < -0.39 is 50.5 Å². The fraction of sp³-hybridized carbons (Fsp3) is 0.833. The smallest absolute Gasteiger partial charge is 0.407 e. The van der Waals surface area contributed by atoms with Crippen LogP contribution in [0.3, 0.4) is 0 Å². The summed E-state index contributed by atoms with van der Waals surface area (Å²) in [6.45, 7) is 5.48. The van der Waals surface area contributed by atoms with Crippen molar-refractivity contribution in [1.29, 1.82) is 0 Å². The van der Waals surface area contributed by atoms with E-state index in [0.717, 1.165) is 7.11 Å². The third-order valence-electron chi connectivity index (χ3n) is 6.41. The Morgan fingerprint density at radius 1 is 1.28 bits per heavy atom. The highest BCUT2D eigenvalue weighted by atomic mass is 32.2. The molecule has 1 N–H and O–H groups in total. The lowest BCUT2D eigenvalue weighted by Crippen LogP contribution is -2.51. The van der Waals surface area contributed by atoms with Gasteiger partial charge in [0.15, 0.2) is 4.75 Å². The van der Waals surface area contributed by atoms with E-state index in [2.05, 4.69) is 5.32 Å². The highest BCUT2D eigenvalue weighted by Crippen LogP contribution is 2.62. The molecule has 164 valence electrons. The Balaban J connectivity index is 1.53. The molecule has 1 heterocycles. The number of esters is 2. The second-order valence-electron chi connectivity index (χ2n) is 8.37. The van der Waals surface area contributed by atoms with Crippen LogP contribution >= 0.6 is 0 Å². The first kappa shape index (κ1) is 21.8. The molecule has 0 radical (unpaired) electrons. The van der Waals surface area contributed by atoms with Gasteiger partial charge >= 0.3 is 18.0 Å². The molecular weight excluding hydrogens is 406 g/mol. The van der Waals surface area contributed by atoms with Gasteiger partial charge in [-0.3, -0.25) is 13.8 Å². The minimum Gasteiger partial charge on any atom is -0.468 e. The maximum atomic E-state index is 12.5. The van der Waals surface area contributed by atoms with Gasteiger partial charge in [0.2, 0.25) is 0 Å². The maximum Gasteiger partial charge on any atom is 0.407 e. The van der Waals surface area contributed by atoms with E-state index in [1.165, 1.54) is 0 Å². The summed E-state index contributed by atoms with van der Waals surface area (Å²) in [7, 11) is -3.02. The fourth-order valence-corrected chi connectivity index (χ4v) is 6.42. The van der Waals surface area contributed by atoms with Crippen LogP contribution in [0.5, 0.6) is 0 Å². The minimum atomic E-state index is -4.16. The van der Waals surface area contributed by atoms with Crippen LogP contribution in [0.25, 0.3) is 0 Å². The van der Waals surface area contributed by atoms with Crippen LogP contribution in [-0.2, 0) is 38.1 Å². The summed E-state index contributed by atoms with van der Waals surface area (Å²) in [5, 5.41) is 2.48. The standard InChI is InChI=1S/C18H27NO9S/c1-5-17(2,3)14(20)26-7-6-19-16(22)27-12-10-8-11-13(12)28-29(23,24)18(11,9-10)15(21)25-4/h10-13H,5-9H2,1-4H3,(H,19,22). The maximum absolute atomic E-state index is 12.5. The summed E-state index contributed by atoms with van der Waals surface area (Å²) in [5.41, 5.74) is -0.596. The topological polar surface area (TPSA) is 134 Å². The van der Waals surface area contributed by atoms with E-state index in [1.807, 2.05) is 6.92 Å².